The summed E-state index contributed by atoms with van der Waals surface area (Å²) in [7, 11) is 0. The van der Waals surface area contributed by atoms with Gasteiger partial charge in [0, 0.05) is 6.07 Å². The van der Waals surface area contributed by atoms with Crippen LogP contribution in [0.4, 0.5) is 0 Å². The van der Waals surface area contributed by atoms with E-state index in [4.69, 9.17) is 8.83 Å². The van der Waals surface area contributed by atoms with Crippen molar-refractivity contribution in [3.63, 3.8) is 0 Å². The third kappa shape index (κ3) is 1.45. The molecule has 2 aromatic heterocycles. The maximum atomic E-state index is 11.9. The van der Waals surface area contributed by atoms with E-state index >= 15 is 0 Å². The normalized spacial score (nSPS) is 10.9. The van der Waals surface area contributed by atoms with Gasteiger partial charge in [0.05, 0.1) is 11.6 Å². The Bertz CT molecular complexity index is 768. The Balaban J connectivity index is 2.41. The minimum atomic E-state index is -0.567. The summed E-state index contributed by atoms with van der Waals surface area (Å²) < 4.78 is 10.5. The van der Waals surface area contributed by atoms with E-state index in [-0.39, 0.29) is 28.2 Å². The molecule has 5 heteroatoms. The number of benzene rings is 1. The third-order valence-corrected chi connectivity index (χ3v) is 2.60. The Kier molecular flexibility index (Phi) is 2.13. The van der Waals surface area contributed by atoms with Crippen LogP contribution in [0.25, 0.3) is 22.5 Å². The predicted octanol–water partition coefficient (Wildman–Crippen LogP) is 2.46. The maximum Gasteiger partial charge on any atom is 0.235 e. The van der Waals surface area contributed by atoms with E-state index in [0.29, 0.717) is 0 Å². The highest BCUT2D eigenvalue weighted by molar-refractivity contribution is 5.82. The molecule has 2 N–H and O–H groups in total. The minimum absolute atomic E-state index is 0.0262. The monoisotopic (exact) mass is 244 g/mol. The first-order valence-corrected chi connectivity index (χ1v) is 5.19. The largest absolute Gasteiger partial charge is 0.508 e. The molecule has 0 saturated heterocycles. The molecule has 5 nitrogen and oxygen atoms in total. The van der Waals surface area contributed by atoms with Gasteiger partial charge in [0.15, 0.2) is 5.76 Å². The smallest absolute Gasteiger partial charge is 0.235 e. The first-order valence-electron chi connectivity index (χ1n) is 5.19. The summed E-state index contributed by atoms with van der Waals surface area (Å²) in [6, 6.07) is 7.23. The van der Waals surface area contributed by atoms with Crippen LogP contribution in [0.15, 0.2) is 50.2 Å². The van der Waals surface area contributed by atoms with Gasteiger partial charge in [-0.3, -0.25) is 4.79 Å². The predicted molar refractivity (Wildman–Crippen MR) is 63.5 cm³/mol. The molecule has 0 radical (unpaired) electrons. The Morgan fingerprint density at radius 1 is 1.11 bits per heavy atom. The summed E-state index contributed by atoms with van der Waals surface area (Å²) in [6.45, 7) is 0. The number of rotatable bonds is 1. The van der Waals surface area contributed by atoms with Crippen LogP contribution in [0.5, 0.6) is 11.5 Å². The quantitative estimate of drug-likeness (QED) is 0.686. The molecule has 0 atom stereocenters. The molecule has 0 amide bonds. The molecule has 3 rings (SSSR count). The van der Waals surface area contributed by atoms with E-state index in [1.165, 1.54) is 24.5 Å². The summed E-state index contributed by atoms with van der Waals surface area (Å²) in [6.07, 6.45) is 1.40. The molecule has 0 spiro atoms. The molecule has 2 heterocycles. The summed E-state index contributed by atoms with van der Waals surface area (Å²) in [5.74, 6) is -0.345. The van der Waals surface area contributed by atoms with E-state index in [9.17, 15) is 15.0 Å². The van der Waals surface area contributed by atoms with Crippen LogP contribution in [0.3, 0.4) is 0 Å². The maximum absolute atomic E-state index is 11.9. The zero-order chi connectivity index (χ0) is 12.7. The lowest BCUT2D eigenvalue weighted by Crippen LogP contribution is -2.02. The summed E-state index contributed by atoms with van der Waals surface area (Å²) >= 11 is 0. The van der Waals surface area contributed by atoms with Gasteiger partial charge < -0.3 is 19.0 Å². The lowest BCUT2D eigenvalue weighted by molar-refractivity contribution is 0.438. The van der Waals surface area contributed by atoms with Gasteiger partial charge in [-0.25, -0.2) is 0 Å². The average Bonchev–Trinajstić information content (AvgIpc) is 2.87. The number of aromatic hydroxyl groups is 2. The highest BCUT2D eigenvalue weighted by Gasteiger charge is 2.17. The molecule has 90 valence electrons. The molecule has 0 fully saturated rings. The fourth-order valence-electron chi connectivity index (χ4n) is 1.75. The van der Waals surface area contributed by atoms with Crippen molar-refractivity contribution < 1.29 is 19.0 Å². The average molecular weight is 244 g/mol. The molecule has 0 aliphatic carbocycles. The van der Waals surface area contributed by atoms with Gasteiger partial charge in [0.25, 0.3) is 0 Å². The van der Waals surface area contributed by atoms with Crippen molar-refractivity contribution >= 4 is 11.0 Å². The van der Waals surface area contributed by atoms with Gasteiger partial charge in [-0.15, -0.1) is 0 Å². The molecule has 0 saturated carbocycles. The van der Waals surface area contributed by atoms with Crippen LogP contribution in [-0.4, -0.2) is 10.2 Å². The molecular weight excluding hydrogens is 236 g/mol. The standard InChI is InChI=1S/C13H8O5/c14-7-3-4-8-10(6-7)18-13(12(16)11(8)15)9-2-1-5-17-9/h1-6,14,16H. The van der Waals surface area contributed by atoms with Gasteiger partial charge in [0.1, 0.15) is 11.3 Å². The number of hydrogen-bond acceptors (Lipinski definition) is 5. The molecule has 0 bridgehead atoms. The third-order valence-electron chi connectivity index (χ3n) is 2.60. The topological polar surface area (TPSA) is 83.8 Å². The number of furan rings is 1. The number of phenols is 1. The first kappa shape index (κ1) is 10.5. The van der Waals surface area contributed by atoms with E-state index in [2.05, 4.69) is 0 Å². The summed E-state index contributed by atoms with van der Waals surface area (Å²) in [5, 5.41) is 19.4. The number of phenolic OH excluding ortho intramolecular Hbond substituents is 1. The zero-order valence-corrected chi connectivity index (χ0v) is 9.08. The number of fused-ring (bicyclic) bond motifs is 1. The summed E-state index contributed by atoms with van der Waals surface area (Å²) in [4.78, 5) is 11.9. The van der Waals surface area contributed by atoms with Crippen LogP contribution < -0.4 is 5.43 Å². The highest BCUT2D eigenvalue weighted by Crippen LogP contribution is 2.31. The second-order valence-corrected chi connectivity index (χ2v) is 3.77. The van der Waals surface area contributed by atoms with Gasteiger partial charge in [0.2, 0.25) is 16.9 Å². The van der Waals surface area contributed by atoms with Crippen LogP contribution >= 0.6 is 0 Å². The van der Waals surface area contributed by atoms with E-state index < -0.39 is 11.2 Å². The second-order valence-electron chi connectivity index (χ2n) is 3.77. The van der Waals surface area contributed by atoms with E-state index in [1.54, 1.807) is 12.1 Å². The first-order chi connectivity index (χ1) is 8.66. The fraction of sp³-hybridized carbons (Fsp3) is 0. The van der Waals surface area contributed by atoms with Crippen molar-refractivity contribution in [3.05, 3.63) is 46.8 Å². The molecule has 0 unspecified atom stereocenters. The Labute approximate surface area is 101 Å². The molecular formula is C13H8O5. The van der Waals surface area contributed by atoms with Crippen molar-refractivity contribution in [1.29, 1.82) is 0 Å². The molecule has 0 aliphatic heterocycles. The van der Waals surface area contributed by atoms with E-state index in [0.717, 1.165) is 0 Å². The Hall–Kier alpha value is -2.69. The van der Waals surface area contributed by atoms with Gasteiger partial charge in [-0.2, -0.15) is 0 Å². The number of hydrogen-bond donors (Lipinski definition) is 2. The molecule has 1 aromatic carbocycles. The van der Waals surface area contributed by atoms with Crippen molar-refractivity contribution in [2.75, 3.05) is 0 Å². The van der Waals surface area contributed by atoms with E-state index in [1.807, 2.05) is 0 Å². The molecule has 0 aliphatic rings. The van der Waals surface area contributed by atoms with Gasteiger partial charge in [-0.05, 0) is 24.3 Å². The Morgan fingerprint density at radius 2 is 1.94 bits per heavy atom. The van der Waals surface area contributed by atoms with Crippen molar-refractivity contribution in [1.82, 2.24) is 0 Å². The molecule has 3 aromatic rings. The van der Waals surface area contributed by atoms with Crippen LogP contribution in [0, 0.1) is 0 Å². The SMILES string of the molecule is O=c1c(O)c(-c2ccco2)oc2cc(O)ccc12. The zero-order valence-electron chi connectivity index (χ0n) is 9.08. The lowest BCUT2D eigenvalue weighted by Gasteiger charge is -2.03. The Morgan fingerprint density at radius 3 is 2.67 bits per heavy atom. The van der Waals surface area contributed by atoms with Gasteiger partial charge in [-0.1, -0.05) is 0 Å². The van der Waals surface area contributed by atoms with Crippen LogP contribution in [-0.2, 0) is 0 Å². The molecule has 18 heavy (non-hydrogen) atoms. The highest BCUT2D eigenvalue weighted by atomic mass is 16.4. The van der Waals surface area contributed by atoms with Crippen molar-refractivity contribution in [2.45, 2.75) is 0 Å². The van der Waals surface area contributed by atoms with Crippen molar-refractivity contribution in [3.8, 4) is 23.0 Å². The van der Waals surface area contributed by atoms with Gasteiger partial charge >= 0.3 is 0 Å². The van der Waals surface area contributed by atoms with Crippen LogP contribution in [0.2, 0.25) is 0 Å². The lowest BCUT2D eigenvalue weighted by atomic mass is 10.2. The minimum Gasteiger partial charge on any atom is -0.508 e. The fourth-order valence-corrected chi connectivity index (χ4v) is 1.75. The second kappa shape index (κ2) is 3.66. The van der Waals surface area contributed by atoms with Crippen molar-refractivity contribution in [2.24, 2.45) is 0 Å². The summed E-state index contributed by atoms with van der Waals surface area (Å²) in [5.41, 5.74) is -0.383. The van der Waals surface area contributed by atoms with Crippen LogP contribution in [0.1, 0.15) is 0 Å².